The monoisotopic (exact) mass is 231 g/mol. The number of anilines is 4. The molecule has 0 aromatic heterocycles. The lowest BCUT2D eigenvalue weighted by Gasteiger charge is -2.20. The molecule has 2 aromatic rings. The van der Waals surface area contributed by atoms with Gasteiger partial charge in [0.25, 0.3) is 0 Å². The number of nitrogen functional groups attached to an aromatic ring is 2. The van der Waals surface area contributed by atoms with Gasteiger partial charge in [-0.1, -0.05) is 12.1 Å². The highest BCUT2D eigenvalue weighted by Gasteiger charge is 2.09. The Bertz CT molecular complexity index is 540. The van der Waals surface area contributed by atoms with Gasteiger partial charge < -0.3 is 16.4 Å². The summed E-state index contributed by atoms with van der Waals surface area (Å²) < 4.78 is 13.6. The van der Waals surface area contributed by atoms with Gasteiger partial charge in [-0.05, 0) is 30.3 Å². The van der Waals surface area contributed by atoms with Crippen molar-refractivity contribution in [1.82, 2.24) is 0 Å². The third-order valence-corrected chi connectivity index (χ3v) is 2.67. The summed E-state index contributed by atoms with van der Waals surface area (Å²) in [4.78, 5) is 1.73. The van der Waals surface area contributed by atoms with E-state index in [1.165, 1.54) is 6.07 Å². The van der Waals surface area contributed by atoms with Gasteiger partial charge in [0.05, 0.1) is 17.1 Å². The van der Waals surface area contributed by atoms with Crippen LogP contribution in [0.15, 0.2) is 42.5 Å². The van der Waals surface area contributed by atoms with E-state index in [0.29, 0.717) is 17.1 Å². The maximum Gasteiger partial charge on any atom is 0.146 e. The summed E-state index contributed by atoms with van der Waals surface area (Å²) in [5.41, 5.74) is 13.7. The van der Waals surface area contributed by atoms with Gasteiger partial charge in [-0.3, -0.25) is 0 Å². The normalized spacial score (nSPS) is 10.2. The van der Waals surface area contributed by atoms with E-state index in [0.717, 1.165) is 5.69 Å². The van der Waals surface area contributed by atoms with E-state index in [9.17, 15) is 4.39 Å². The molecule has 0 spiro atoms. The van der Waals surface area contributed by atoms with Crippen LogP contribution in [-0.2, 0) is 0 Å². The maximum absolute atomic E-state index is 13.6. The molecule has 17 heavy (non-hydrogen) atoms. The van der Waals surface area contributed by atoms with Crippen molar-refractivity contribution in [3.05, 3.63) is 48.3 Å². The standard InChI is InChI=1S/C13H14FN3/c1-17(13-5-3-2-4-10(13)14)9-6-7-11(15)12(16)8-9/h2-8H,15-16H2,1H3. The number of para-hydroxylation sites is 1. The first-order valence-corrected chi connectivity index (χ1v) is 5.23. The third-order valence-electron chi connectivity index (χ3n) is 2.67. The summed E-state index contributed by atoms with van der Waals surface area (Å²) >= 11 is 0. The van der Waals surface area contributed by atoms with Gasteiger partial charge in [0.2, 0.25) is 0 Å². The Labute approximate surface area is 99.5 Å². The summed E-state index contributed by atoms with van der Waals surface area (Å²) in [5.74, 6) is -0.273. The Morgan fingerprint density at radius 1 is 1.00 bits per heavy atom. The van der Waals surface area contributed by atoms with Gasteiger partial charge in [-0.25, -0.2) is 4.39 Å². The third kappa shape index (κ3) is 2.15. The van der Waals surface area contributed by atoms with Gasteiger partial charge in [0, 0.05) is 12.7 Å². The van der Waals surface area contributed by atoms with Crippen LogP contribution >= 0.6 is 0 Å². The SMILES string of the molecule is CN(c1ccc(N)c(N)c1)c1ccccc1F. The topological polar surface area (TPSA) is 55.3 Å². The van der Waals surface area contributed by atoms with Gasteiger partial charge >= 0.3 is 0 Å². The molecule has 0 saturated carbocycles. The highest BCUT2D eigenvalue weighted by molar-refractivity contribution is 5.73. The predicted molar refractivity (Wildman–Crippen MR) is 69.7 cm³/mol. The van der Waals surface area contributed by atoms with Crippen molar-refractivity contribution in [2.45, 2.75) is 0 Å². The van der Waals surface area contributed by atoms with Crippen molar-refractivity contribution in [3.63, 3.8) is 0 Å². The van der Waals surface area contributed by atoms with E-state index in [1.54, 1.807) is 48.3 Å². The highest BCUT2D eigenvalue weighted by atomic mass is 19.1. The fourth-order valence-electron chi connectivity index (χ4n) is 1.63. The maximum atomic E-state index is 13.6. The van der Waals surface area contributed by atoms with E-state index in [4.69, 9.17) is 11.5 Å². The lowest BCUT2D eigenvalue weighted by atomic mass is 10.2. The van der Waals surface area contributed by atoms with Crippen LogP contribution in [0.4, 0.5) is 27.1 Å². The average Bonchev–Trinajstić information content (AvgIpc) is 2.32. The second-order valence-electron chi connectivity index (χ2n) is 3.82. The minimum absolute atomic E-state index is 0.273. The Morgan fingerprint density at radius 3 is 2.35 bits per heavy atom. The second kappa shape index (κ2) is 4.33. The Morgan fingerprint density at radius 2 is 1.71 bits per heavy atom. The molecule has 0 atom stereocenters. The minimum Gasteiger partial charge on any atom is -0.397 e. The molecule has 0 amide bonds. The molecule has 0 radical (unpaired) electrons. The van der Waals surface area contributed by atoms with Crippen molar-refractivity contribution < 1.29 is 4.39 Å². The number of nitrogens with two attached hydrogens (primary N) is 2. The van der Waals surface area contributed by atoms with E-state index < -0.39 is 0 Å². The first-order chi connectivity index (χ1) is 8.09. The molecule has 2 rings (SSSR count). The number of halogens is 1. The van der Waals surface area contributed by atoms with Crippen LogP contribution in [0.25, 0.3) is 0 Å². The molecule has 0 bridgehead atoms. The van der Waals surface area contributed by atoms with Crippen LogP contribution in [0.3, 0.4) is 0 Å². The number of rotatable bonds is 2. The molecule has 2 aromatic carbocycles. The van der Waals surface area contributed by atoms with Crippen molar-refractivity contribution in [1.29, 1.82) is 0 Å². The van der Waals surface area contributed by atoms with Crippen LogP contribution in [0.1, 0.15) is 0 Å². The summed E-state index contributed by atoms with van der Waals surface area (Å²) in [6.45, 7) is 0. The lowest BCUT2D eigenvalue weighted by molar-refractivity contribution is 0.627. The number of hydrogen-bond donors (Lipinski definition) is 2. The second-order valence-corrected chi connectivity index (χ2v) is 3.82. The summed E-state index contributed by atoms with van der Waals surface area (Å²) in [5, 5.41) is 0. The fraction of sp³-hybridized carbons (Fsp3) is 0.0769. The Kier molecular flexibility index (Phi) is 2.87. The van der Waals surface area contributed by atoms with E-state index in [2.05, 4.69) is 0 Å². The zero-order chi connectivity index (χ0) is 12.4. The average molecular weight is 231 g/mol. The molecule has 88 valence electrons. The molecule has 3 nitrogen and oxygen atoms in total. The van der Waals surface area contributed by atoms with Gasteiger partial charge in [-0.2, -0.15) is 0 Å². The minimum atomic E-state index is -0.273. The molecule has 0 fully saturated rings. The first-order valence-electron chi connectivity index (χ1n) is 5.23. The smallest absolute Gasteiger partial charge is 0.146 e. The quantitative estimate of drug-likeness (QED) is 0.781. The number of hydrogen-bond acceptors (Lipinski definition) is 3. The molecular formula is C13H14FN3. The van der Waals surface area contributed by atoms with Crippen LogP contribution < -0.4 is 16.4 Å². The highest BCUT2D eigenvalue weighted by Crippen LogP contribution is 2.29. The number of nitrogens with zero attached hydrogens (tertiary/aromatic N) is 1. The summed E-state index contributed by atoms with van der Waals surface area (Å²) in [7, 11) is 1.78. The van der Waals surface area contributed by atoms with Crippen molar-refractivity contribution >= 4 is 22.7 Å². The van der Waals surface area contributed by atoms with Gasteiger partial charge in [0.15, 0.2) is 0 Å². The lowest BCUT2D eigenvalue weighted by Crippen LogP contribution is -2.11. The first kappa shape index (κ1) is 11.3. The summed E-state index contributed by atoms with van der Waals surface area (Å²) in [6.07, 6.45) is 0. The van der Waals surface area contributed by atoms with Crippen LogP contribution in [-0.4, -0.2) is 7.05 Å². The van der Waals surface area contributed by atoms with Crippen molar-refractivity contribution in [3.8, 4) is 0 Å². The zero-order valence-corrected chi connectivity index (χ0v) is 9.52. The molecule has 0 unspecified atom stereocenters. The molecule has 0 aliphatic rings. The zero-order valence-electron chi connectivity index (χ0n) is 9.52. The van der Waals surface area contributed by atoms with Crippen molar-refractivity contribution in [2.75, 3.05) is 23.4 Å². The molecule has 0 heterocycles. The molecule has 0 saturated heterocycles. The van der Waals surface area contributed by atoms with E-state index >= 15 is 0 Å². The molecule has 0 aliphatic carbocycles. The number of benzene rings is 2. The van der Waals surface area contributed by atoms with Crippen LogP contribution in [0.5, 0.6) is 0 Å². The molecule has 4 heteroatoms. The molecule has 0 aliphatic heterocycles. The van der Waals surface area contributed by atoms with E-state index in [-0.39, 0.29) is 5.82 Å². The Hall–Kier alpha value is -2.23. The summed E-state index contributed by atoms with van der Waals surface area (Å²) in [6, 6.07) is 11.8. The van der Waals surface area contributed by atoms with Gasteiger partial charge in [-0.15, -0.1) is 0 Å². The van der Waals surface area contributed by atoms with E-state index in [1.807, 2.05) is 0 Å². The van der Waals surface area contributed by atoms with Crippen LogP contribution in [0, 0.1) is 5.82 Å². The van der Waals surface area contributed by atoms with Crippen molar-refractivity contribution in [2.24, 2.45) is 0 Å². The van der Waals surface area contributed by atoms with Crippen LogP contribution in [0.2, 0.25) is 0 Å². The largest absolute Gasteiger partial charge is 0.397 e. The fourth-order valence-corrected chi connectivity index (χ4v) is 1.63. The Balaban J connectivity index is 2.40. The van der Waals surface area contributed by atoms with Gasteiger partial charge in [0.1, 0.15) is 5.82 Å². The predicted octanol–water partition coefficient (Wildman–Crippen LogP) is 2.76. The molecular weight excluding hydrogens is 217 g/mol. The molecule has 4 N–H and O–H groups in total.